The van der Waals surface area contributed by atoms with Gasteiger partial charge < -0.3 is 16.0 Å². The summed E-state index contributed by atoms with van der Waals surface area (Å²) < 4.78 is 0. The summed E-state index contributed by atoms with van der Waals surface area (Å²) in [5.74, 6) is 0. The molecule has 0 amide bonds. The Labute approximate surface area is 89.3 Å². The quantitative estimate of drug-likeness (QED) is 0.712. The standard InChI is InChI=1S/C12H15N3/c1-14-10-6-4-9(5-7-10)12(13)11-3-2-8-15-11/h2-8,12,14-15H,13H2,1H3. The van der Waals surface area contributed by atoms with Gasteiger partial charge in [-0.15, -0.1) is 0 Å². The molecule has 0 aliphatic rings. The zero-order chi connectivity index (χ0) is 10.7. The highest BCUT2D eigenvalue weighted by Crippen LogP contribution is 2.19. The predicted octanol–water partition coefficient (Wildman–Crippen LogP) is 2.10. The van der Waals surface area contributed by atoms with Gasteiger partial charge in [0.1, 0.15) is 0 Å². The first kappa shape index (κ1) is 9.80. The van der Waals surface area contributed by atoms with Crippen LogP contribution in [0.4, 0.5) is 5.69 Å². The minimum absolute atomic E-state index is 0.0779. The lowest BCUT2D eigenvalue weighted by Crippen LogP contribution is -2.11. The average Bonchev–Trinajstić information content (AvgIpc) is 2.82. The average molecular weight is 201 g/mol. The second-order valence-corrected chi connectivity index (χ2v) is 3.48. The van der Waals surface area contributed by atoms with Crippen molar-refractivity contribution in [3.63, 3.8) is 0 Å². The van der Waals surface area contributed by atoms with Crippen LogP contribution >= 0.6 is 0 Å². The smallest absolute Gasteiger partial charge is 0.0704 e. The van der Waals surface area contributed by atoms with Crippen LogP contribution in [0.5, 0.6) is 0 Å². The maximum atomic E-state index is 6.10. The van der Waals surface area contributed by atoms with E-state index in [4.69, 9.17) is 5.73 Å². The fourth-order valence-electron chi connectivity index (χ4n) is 1.57. The molecule has 0 radical (unpaired) electrons. The first-order valence-electron chi connectivity index (χ1n) is 4.98. The number of benzene rings is 1. The number of H-pyrrole nitrogens is 1. The number of nitrogens with one attached hydrogen (secondary N) is 2. The third-order valence-corrected chi connectivity index (χ3v) is 2.52. The summed E-state index contributed by atoms with van der Waals surface area (Å²) in [4.78, 5) is 3.12. The van der Waals surface area contributed by atoms with Crippen molar-refractivity contribution in [2.45, 2.75) is 6.04 Å². The number of aromatic amines is 1. The number of rotatable bonds is 3. The summed E-state index contributed by atoms with van der Waals surface area (Å²) in [7, 11) is 1.90. The summed E-state index contributed by atoms with van der Waals surface area (Å²) in [5.41, 5.74) is 9.34. The van der Waals surface area contributed by atoms with E-state index in [-0.39, 0.29) is 6.04 Å². The highest BCUT2D eigenvalue weighted by Gasteiger charge is 2.08. The zero-order valence-electron chi connectivity index (χ0n) is 8.70. The molecule has 0 aliphatic heterocycles. The van der Waals surface area contributed by atoms with Gasteiger partial charge in [-0.25, -0.2) is 0 Å². The van der Waals surface area contributed by atoms with Crippen molar-refractivity contribution in [3.8, 4) is 0 Å². The second kappa shape index (κ2) is 4.19. The maximum Gasteiger partial charge on any atom is 0.0704 e. The molecule has 0 fully saturated rings. The fourth-order valence-corrected chi connectivity index (χ4v) is 1.57. The van der Waals surface area contributed by atoms with Crippen molar-refractivity contribution in [3.05, 3.63) is 53.9 Å². The van der Waals surface area contributed by atoms with Crippen LogP contribution in [0.2, 0.25) is 0 Å². The Hall–Kier alpha value is -1.74. The van der Waals surface area contributed by atoms with E-state index in [1.807, 2.05) is 49.6 Å². The molecule has 1 aromatic heterocycles. The van der Waals surface area contributed by atoms with Crippen molar-refractivity contribution >= 4 is 5.69 Å². The van der Waals surface area contributed by atoms with Crippen molar-refractivity contribution in [2.75, 3.05) is 12.4 Å². The molecule has 15 heavy (non-hydrogen) atoms. The van der Waals surface area contributed by atoms with Crippen LogP contribution in [-0.2, 0) is 0 Å². The molecule has 0 saturated carbocycles. The lowest BCUT2D eigenvalue weighted by molar-refractivity contribution is 0.839. The van der Waals surface area contributed by atoms with E-state index < -0.39 is 0 Å². The molecule has 0 aliphatic carbocycles. The number of anilines is 1. The largest absolute Gasteiger partial charge is 0.388 e. The Bertz CT molecular complexity index is 403. The minimum Gasteiger partial charge on any atom is -0.388 e. The predicted molar refractivity (Wildman–Crippen MR) is 62.8 cm³/mol. The number of nitrogens with two attached hydrogens (primary N) is 1. The SMILES string of the molecule is CNc1ccc(C(N)c2ccc[nH]2)cc1. The zero-order valence-corrected chi connectivity index (χ0v) is 8.70. The van der Waals surface area contributed by atoms with E-state index in [1.165, 1.54) is 0 Å². The lowest BCUT2D eigenvalue weighted by atomic mass is 10.0. The Balaban J connectivity index is 2.22. The normalized spacial score (nSPS) is 12.4. The highest BCUT2D eigenvalue weighted by molar-refractivity contribution is 5.45. The third-order valence-electron chi connectivity index (χ3n) is 2.52. The van der Waals surface area contributed by atoms with Gasteiger partial charge in [-0.3, -0.25) is 0 Å². The molecule has 3 heteroatoms. The van der Waals surface area contributed by atoms with Gasteiger partial charge in [-0.1, -0.05) is 12.1 Å². The minimum atomic E-state index is -0.0779. The van der Waals surface area contributed by atoms with E-state index in [0.717, 1.165) is 16.9 Å². The summed E-state index contributed by atoms with van der Waals surface area (Å²) in [6.07, 6.45) is 1.89. The van der Waals surface area contributed by atoms with Gasteiger partial charge >= 0.3 is 0 Å². The molecule has 1 atom stereocenters. The summed E-state index contributed by atoms with van der Waals surface area (Å²) in [6.45, 7) is 0. The van der Waals surface area contributed by atoms with E-state index >= 15 is 0 Å². The molecule has 0 saturated heterocycles. The van der Waals surface area contributed by atoms with E-state index in [0.29, 0.717) is 0 Å². The van der Waals surface area contributed by atoms with Crippen molar-refractivity contribution in [1.82, 2.24) is 4.98 Å². The molecule has 1 heterocycles. The summed E-state index contributed by atoms with van der Waals surface area (Å²) >= 11 is 0. The monoisotopic (exact) mass is 201 g/mol. The molecule has 2 aromatic rings. The molecule has 4 N–H and O–H groups in total. The first-order chi connectivity index (χ1) is 7.31. The lowest BCUT2D eigenvalue weighted by Gasteiger charge is -2.11. The molecule has 3 nitrogen and oxygen atoms in total. The van der Waals surface area contributed by atoms with E-state index in [9.17, 15) is 0 Å². The molecule has 2 rings (SSSR count). The van der Waals surface area contributed by atoms with Crippen LogP contribution < -0.4 is 11.1 Å². The van der Waals surface area contributed by atoms with Gasteiger partial charge in [0.25, 0.3) is 0 Å². The first-order valence-corrected chi connectivity index (χ1v) is 4.98. The maximum absolute atomic E-state index is 6.10. The van der Waals surface area contributed by atoms with Crippen LogP contribution in [0.1, 0.15) is 17.3 Å². The molecular formula is C12H15N3. The van der Waals surface area contributed by atoms with Crippen LogP contribution in [0.25, 0.3) is 0 Å². The Morgan fingerprint density at radius 2 is 1.93 bits per heavy atom. The summed E-state index contributed by atoms with van der Waals surface area (Å²) in [6, 6.07) is 12.0. The van der Waals surface area contributed by atoms with Crippen molar-refractivity contribution < 1.29 is 0 Å². The number of aromatic nitrogens is 1. The van der Waals surface area contributed by atoms with Crippen LogP contribution in [0, 0.1) is 0 Å². The number of hydrogen-bond acceptors (Lipinski definition) is 2. The fraction of sp³-hybridized carbons (Fsp3) is 0.167. The number of hydrogen-bond donors (Lipinski definition) is 3. The summed E-state index contributed by atoms with van der Waals surface area (Å²) in [5, 5.41) is 3.08. The molecule has 0 bridgehead atoms. The van der Waals surface area contributed by atoms with Gasteiger partial charge in [-0.05, 0) is 29.8 Å². The molecule has 1 aromatic carbocycles. The second-order valence-electron chi connectivity index (χ2n) is 3.48. The third kappa shape index (κ3) is 2.02. The molecule has 1 unspecified atom stereocenters. The van der Waals surface area contributed by atoms with Gasteiger partial charge in [0.05, 0.1) is 6.04 Å². The highest BCUT2D eigenvalue weighted by atomic mass is 14.8. The Morgan fingerprint density at radius 1 is 1.20 bits per heavy atom. The van der Waals surface area contributed by atoms with E-state index in [1.54, 1.807) is 0 Å². The Kier molecular flexibility index (Phi) is 2.74. The van der Waals surface area contributed by atoms with Crippen molar-refractivity contribution in [1.29, 1.82) is 0 Å². The van der Waals surface area contributed by atoms with Crippen LogP contribution in [-0.4, -0.2) is 12.0 Å². The van der Waals surface area contributed by atoms with Crippen LogP contribution in [0.3, 0.4) is 0 Å². The van der Waals surface area contributed by atoms with Gasteiger partial charge in [0, 0.05) is 24.6 Å². The van der Waals surface area contributed by atoms with Crippen molar-refractivity contribution in [2.24, 2.45) is 5.73 Å². The molecule has 0 spiro atoms. The van der Waals surface area contributed by atoms with Gasteiger partial charge in [0.2, 0.25) is 0 Å². The van der Waals surface area contributed by atoms with Crippen LogP contribution in [0.15, 0.2) is 42.6 Å². The van der Waals surface area contributed by atoms with Gasteiger partial charge in [-0.2, -0.15) is 0 Å². The van der Waals surface area contributed by atoms with Gasteiger partial charge in [0.15, 0.2) is 0 Å². The Morgan fingerprint density at radius 3 is 2.47 bits per heavy atom. The topological polar surface area (TPSA) is 53.8 Å². The molecular weight excluding hydrogens is 186 g/mol. The van der Waals surface area contributed by atoms with E-state index in [2.05, 4.69) is 10.3 Å². The molecule has 78 valence electrons.